The predicted molar refractivity (Wildman–Crippen MR) is 84.1 cm³/mol. The van der Waals surface area contributed by atoms with Crippen LogP contribution in [0.4, 0.5) is 0 Å². The summed E-state index contributed by atoms with van der Waals surface area (Å²) in [5.41, 5.74) is 0.472. The maximum Gasteiger partial charge on any atom is 0.167 e. The molecule has 1 aliphatic rings. The molecule has 0 amide bonds. The van der Waals surface area contributed by atoms with E-state index in [1.54, 1.807) is 18.2 Å². The number of hydrogen-bond donors (Lipinski definition) is 0. The fourth-order valence-corrected chi connectivity index (χ4v) is 4.45. The molecule has 2 rings (SSSR count). The van der Waals surface area contributed by atoms with Gasteiger partial charge in [-0.15, -0.1) is 0 Å². The molecule has 1 saturated carbocycles. The first kappa shape index (κ1) is 16.0. The van der Waals surface area contributed by atoms with Crippen molar-refractivity contribution in [2.75, 3.05) is 6.26 Å². The van der Waals surface area contributed by atoms with E-state index in [-0.39, 0.29) is 11.7 Å². The quantitative estimate of drug-likeness (QED) is 0.749. The summed E-state index contributed by atoms with van der Waals surface area (Å²) in [5.74, 6) is -0.306. The second-order valence-corrected chi connectivity index (χ2v) is 8.84. The highest BCUT2D eigenvalue weighted by molar-refractivity contribution is 9.10. The first-order chi connectivity index (χ1) is 9.30. The lowest BCUT2D eigenvalue weighted by Crippen LogP contribution is -2.31. The zero-order valence-electron chi connectivity index (χ0n) is 11.1. The number of halogens is 2. The minimum absolute atomic E-state index is 0.0512. The fourth-order valence-electron chi connectivity index (χ4n) is 2.69. The third kappa shape index (κ3) is 3.43. The summed E-state index contributed by atoms with van der Waals surface area (Å²) in [5, 5.41) is -0.00453. The molecule has 2 atom stereocenters. The summed E-state index contributed by atoms with van der Waals surface area (Å²) in [7, 11) is -3.09. The number of hydrogen-bond acceptors (Lipinski definition) is 3. The maximum absolute atomic E-state index is 12.5. The standard InChI is InChI=1S/C14H16BrClO3S/c1-20(18,19)10-5-2-4-9(8-10)14(17)11-6-3-7-12(15)13(11)16/h3,6-7,9-10H,2,4-5,8H2,1H3. The van der Waals surface area contributed by atoms with Crippen molar-refractivity contribution in [3.8, 4) is 0 Å². The molecule has 0 saturated heterocycles. The van der Waals surface area contributed by atoms with E-state index in [4.69, 9.17) is 11.6 Å². The van der Waals surface area contributed by atoms with Gasteiger partial charge in [-0.25, -0.2) is 8.42 Å². The summed E-state index contributed by atoms with van der Waals surface area (Å²) in [4.78, 5) is 12.5. The second kappa shape index (κ2) is 6.16. The lowest BCUT2D eigenvalue weighted by Gasteiger charge is -2.27. The van der Waals surface area contributed by atoms with Gasteiger partial charge in [-0.3, -0.25) is 4.79 Å². The monoisotopic (exact) mass is 378 g/mol. The second-order valence-electron chi connectivity index (χ2n) is 5.28. The van der Waals surface area contributed by atoms with Crippen molar-refractivity contribution >= 4 is 43.2 Å². The highest BCUT2D eigenvalue weighted by Gasteiger charge is 2.33. The van der Waals surface area contributed by atoms with Crippen LogP contribution in [-0.4, -0.2) is 25.7 Å². The number of sulfone groups is 1. The van der Waals surface area contributed by atoms with Crippen molar-refractivity contribution in [2.45, 2.75) is 30.9 Å². The molecule has 0 bridgehead atoms. The Balaban J connectivity index is 2.23. The topological polar surface area (TPSA) is 51.2 Å². The molecule has 0 radical (unpaired) electrons. The molecule has 0 N–H and O–H groups in total. The highest BCUT2D eigenvalue weighted by Crippen LogP contribution is 2.34. The van der Waals surface area contributed by atoms with E-state index in [0.717, 1.165) is 12.8 Å². The van der Waals surface area contributed by atoms with Crippen LogP contribution in [0, 0.1) is 5.92 Å². The number of rotatable bonds is 3. The largest absolute Gasteiger partial charge is 0.294 e. The van der Waals surface area contributed by atoms with Gasteiger partial charge >= 0.3 is 0 Å². The zero-order chi connectivity index (χ0) is 14.9. The van der Waals surface area contributed by atoms with Crippen molar-refractivity contribution < 1.29 is 13.2 Å². The molecule has 6 heteroatoms. The van der Waals surface area contributed by atoms with Crippen molar-refractivity contribution in [1.82, 2.24) is 0 Å². The van der Waals surface area contributed by atoms with Crippen LogP contribution in [0.3, 0.4) is 0 Å². The SMILES string of the molecule is CS(=O)(=O)C1CCCC(C(=O)c2cccc(Br)c2Cl)C1. The summed E-state index contributed by atoms with van der Waals surface area (Å²) >= 11 is 9.45. The fraction of sp³-hybridized carbons (Fsp3) is 0.500. The minimum atomic E-state index is -3.09. The lowest BCUT2D eigenvalue weighted by molar-refractivity contribution is 0.0891. The number of ketones is 1. The van der Waals surface area contributed by atoms with E-state index >= 15 is 0 Å². The predicted octanol–water partition coefficient (Wildman–Crippen LogP) is 3.89. The van der Waals surface area contributed by atoms with Crippen molar-refractivity contribution in [2.24, 2.45) is 5.92 Å². The van der Waals surface area contributed by atoms with Crippen LogP contribution in [0.1, 0.15) is 36.0 Å². The van der Waals surface area contributed by atoms with Gasteiger partial charge in [0, 0.05) is 22.2 Å². The van der Waals surface area contributed by atoms with Crippen molar-refractivity contribution in [3.63, 3.8) is 0 Å². The Bertz CT molecular complexity index is 627. The molecule has 1 aromatic rings. The van der Waals surface area contributed by atoms with Crippen LogP contribution in [-0.2, 0) is 9.84 Å². The Morgan fingerprint density at radius 2 is 2.05 bits per heavy atom. The molecule has 0 aliphatic heterocycles. The molecule has 3 nitrogen and oxygen atoms in total. The highest BCUT2D eigenvalue weighted by atomic mass is 79.9. The average molecular weight is 380 g/mol. The minimum Gasteiger partial charge on any atom is -0.294 e. The maximum atomic E-state index is 12.5. The van der Waals surface area contributed by atoms with Crippen molar-refractivity contribution in [1.29, 1.82) is 0 Å². The Morgan fingerprint density at radius 1 is 1.35 bits per heavy atom. The summed E-state index contributed by atoms with van der Waals surface area (Å²) in [6.45, 7) is 0. The molecule has 1 fully saturated rings. The Kier molecular flexibility index (Phi) is 4.92. The van der Waals surface area contributed by atoms with Crippen LogP contribution in [0.2, 0.25) is 5.02 Å². The van der Waals surface area contributed by atoms with Crippen LogP contribution >= 0.6 is 27.5 Å². The molecule has 0 heterocycles. The average Bonchev–Trinajstić information content (AvgIpc) is 2.40. The summed E-state index contributed by atoms with van der Waals surface area (Å²) in [6.07, 6.45) is 3.79. The van der Waals surface area contributed by atoms with Gasteiger partial charge in [-0.05, 0) is 47.3 Å². The number of Topliss-reactive ketones (excluding diaryl/α,β-unsaturated/α-hetero) is 1. The number of benzene rings is 1. The molecule has 0 spiro atoms. The third-order valence-electron chi connectivity index (χ3n) is 3.82. The summed E-state index contributed by atoms with van der Waals surface area (Å²) in [6, 6.07) is 5.23. The van der Waals surface area contributed by atoms with Gasteiger partial charge in [-0.2, -0.15) is 0 Å². The van der Waals surface area contributed by atoms with Crippen LogP contribution in [0.15, 0.2) is 22.7 Å². The van der Waals surface area contributed by atoms with Gasteiger partial charge in [-0.1, -0.05) is 24.1 Å². The van der Waals surface area contributed by atoms with E-state index in [2.05, 4.69) is 15.9 Å². The smallest absolute Gasteiger partial charge is 0.167 e. The van der Waals surface area contributed by atoms with Crippen LogP contribution in [0.25, 0.3) is 0 Å². The molecule has 1 aromatic carbocycles. The van der Waals surface area contributed by atoms with Gasteiger partial charge in [0.2, 0.25) is 0 Å². The molecule has 20 heavy (non-hydrogen) atoms. The van der Waals surface area contributed by atoms with Crippen molar-refractivity contribution in [3.05, 3.63) is 33.3 Å². The van der Waals surface area contributed by atoms with Gasteiger partial charge in [0.15, 0.2) is 5.78 Å². The van der Waals surface area contributed by atoms with Crippen LogP contribution < -0.4 is 0 Å². The molecule has 110 valence electrons. The van der Waals surface area contributed by atoms with E-state index in [1.165, 1.54) is 6.26 Å². The van der Waals surface area contributed by atoms with Gasteiger partial charge in [0.05, 0.1) is 10.3 Å². The normalized spacial score (nSPS) is 23.6. The van der Waals surface area contributed by atoms with Gasteiger partial charge < -0.3 is 0 Å². The first-order valence-corrected chi connectivity index (χ1v) is 9.60. The van der Waals surface area contributed by atoms with E-state index in [9.17, 15) is 13.2 Å². The van der Waals surface area contributed by atoms with Gasteiger partial charge in [0.25, 0.3) is 0 Å². The Labute approximate surface area is 132 Å². The lowest BCUT2D eigenvalue weighted by atomic mass is 9.83. The van der Waals surface area contributed by atoms with E-state index < -0.39 is 15.1 Å². The molecule has 0 aromatic heterocycles. The zero-order valence-corrected chi connectivity index (χ0v) is 14.3. The third-order valence-corrected chi connectivity index (χ3v) is 6.75. The Morgan fingerprint density at radius 3 is 2.70 bits per heavy atom. The number of carbonyl (C=O) groups excluding carboxylic acids is 1. The first-order valence-electron chi connectivity index (χ1n) is 6.48. The molecular formula is C14H16BrClO3S. The van der Waals surface area contributed by atoms with Gasteiger partial charge in [0.1, 0.15) is 9.84 Å². The molecule has 2 unspecified atom stereocenters. The number of carbonyl (C=O) groups is 1. The molecular weight excluding hydrogens is 364 g/mol. The van der Waals surface area contributed by atoms with E-state index in [1.807, 2.05) is 0 Å². The van der Waals surface area contributed by atoms with E-state index in [0.29, 0.717) is 27.9 Å². The molecule has 1 aliphatic carbocycles. The Hall–Kier alpha value is -0.390. The van der Waals surface area contributed by atoms with Crippen LogP contribution in [0.5, 0.6) is 0 Å². The summed E-state index contributed by atoms with van der Waals surface area (Å²) < 4.78 is 24.0.